The summed E-state index contributed by atoms with van der Waals surface area (Å²) in [6, 6.07) is 23.9. The molecule has 0 N–H and O–H groups in total. The van der Waals surface area contributed by atoms with Gasteiger partial charge in [-0.25, -0.2) is 0 Å². The number of unbranched alkanes of at least 4 members (excludes halogenated alkanes) is 8. The van der Waals surface area contributed by atoms with Gasteiger partial charge in [0, 0.05) is 0 Å². The summed E-state index contributed by atoms with van der Waals surface area (Å²) in [6.07, 6.45) is 18.0. The zero-order chi connectivity index (χ0) is 31.8. The van der Waals surface area contributed by atoms with Crippen LogP contribution in [0, 0.1) is 0 Å². The van der Waals surface area contributed by atoms with E-state index < -0.39 is 0 Å². The molecule has 0 saturated heterocycles. The van der Waals surface area contributed by atoms with Gasteiger partial charge in [0.15, 0.2) is 0 Å². The number of para-hydroxylation sites is 2. The number of rotatable bonds is 19. The third-order valence-corrected chi connectivity index (χ3v) is 7.81. The van der Waals surface area contributed by atoms with Crippen molar-refractivity contribution in [1.82, 2.24) is 0 Å². The monoisotopic (exact) mass is 654 g/mol. The molecule has 0 saturated carbocycles. The number of hydrogen-bond acceptors (Lipinski definition) is 4. The van der Waals surface area contributed by atoms with Crippen molar-refractivity contribution in [3.05, 3.63) is 83.9 Å². The standard InChI is InChI=1S/C26H36N2.C14H22O2.Ni/c1-3-5-7-8-9-16-22-26(28-24-19-14-11-15-20-24)25(21-6-4-2)27-23-17-12-10-13-18-23;1-3-5-7-11-9-10-13(15)14(16)12(11)8-6-4-2;/h10-15,17-20H,3-9,16,21-22H2,1-2H3;9-10,15-16H,3-8H2,1-2H3;/q;;+2/p-2. The molecule has 0 radical (unpaired) electrons. The van der Waals surface area contributed by atoms with Crippen LogP contribution in [0.15, 0.2) is 82.8 Å². The zero-order valence-corrected chi connectivity index (χ0v) is 29.3. The molecule has 0 aliphatic rings. The Balaban J connectivity index is 0.000000508. The molecule has 248 valence electrons. The van der Waals surface area contributed by atoms with E-state index in [9.17, 15) is 10.2 Å². The average molecular weight is 656 g/mol. The molecule has 3 rings (SSSR count). The van der Waals surface area contributed by atoms with Crippen molar-refractivity contribution in [2.45, 2.75) is 130 Å². The first-order valence-electron chi connectivity index (χ1n) is 17.3. The molecule has 3 aromatic carbocycles. The van der Waals surface area contributed by atoms with Crippen LogP contribution < -0.4 is 10.2 Å². The smallest absolute Gasteiger partial charge is 0.873 e. The van der Waals surface area contributed by atoms with Gasteiger partial charge in [0.2, 0.25) is 0 Å². The van der Waals surface area contributed by atoms with Crippen molar-refractivity contribution in [2.75, 3.05) is 0 Å². The van der Waals surface area contributed by atoms with E-state index in [0.717, 1.165) is 86.0 Å². The molecule has 0 aromatic heterocycles. The average Bonchev–Trinajstić information content (AvgIpc) is 3.05. The molecule has 0 aliphatic carbocycles. The van der Waals surface area contributed by atoms with Crippen LogP contribution in [0.3, 0.4) is 0 Å². The molecule has 45 heavy (non-hydrogen) atoms. The zero-order valence-electron chi connectivity index (χ0n) is 28.3. The van der Waals surface area contributed by atoms with Crippen molar-refractivity contribution >= 4 is 22.8 Å². The maximum Gasteiger partial charge on any atom is 2.00 e. The van der Waals surface area contributed by atoms with E-state index in [1.165, 1.54) is 56.7 Å². The Hall–Kier alpha value is -2.91. The second kappa shape index (κ2) is 25.3. The summed E-state index contributed by atoms with van der Waals surface area (Å²) < 4.78 is 0. The Morgan fingerprint density at radius 1 is 0.511 bits per heavy atom. The van der Waals surface area contributed by atoms with Crippen LogP contribution in [0.1, 0.15) is 129 Å². The van der Waals surface area contributed by atoms with E-state index in [4.69, 9.17) is 9.98 Å². The van der Waals surface area contributed by atoms with Gasteiger partial charge in [0.05, 0.1) is 22.8 Å². The third kappa shape index (κ3) is 16.3. The number of benzene rings is 3. The summed E-state index contributed by atoms with van der Waals surface area (Å²) in [4.78, 5) is 10.0. The Morgan fingerprint density at radius 2 is 0.978 bits per heavy atom. The van der Waals surface area contributed by atoms with Gasteiger partial charge < -0.3 is 10.2 Å². The summed E-state index contributed by atoms with van der Waals surface area (Å²) in [5.74, 6) is -0.631. The van der Waals surface area contributed by atoms with E-state index >= 15 is 0 Å². The van der Waals surface area contributed by atoms with Crippen molar-refractivity contribution in [3.8, 4) is 11.5 Å². The van der Waals surface area contributed by atoms with E-state index in [-0.39, 0.29) is 28.0 Å². The van der Waals surface area contributed by atoms with Gasteiger partial charge >= 0.3 is 16.5 Å². The Morgan fingerprint density at radius 3 is 1.51 bits per heavy atom. The summed E-state index contributed by atoms with van der Waals surface area (Å²) in [5.41, 5.74) is 6.23. The first-order chi connectivity index (χ1) is 21.5. The second-order valence-electron chi connectivity index (χ2n) is 11.6. The summed E-state index contributed by atoms with van der Waals surface area (Å²) in [7, 11) is 0. The molecule has 0 fully saturated rings. The van der Waals surface area contributed by atoms with Gasteiger partial charge in [-0.15, -0.1) is 11.5 Å². The SMILES string of the molecule is CCCCCCCCC(=Nc1ccccc1)C(CCCC)=Nc1ccccc1.CCCCc1ccc([O-])c([O-])c1CCCC.[Ni+2]. The Labute approximate surface area is 284 Å². The Kier molecular flexibility index (Phi) is 22.6. The molecule has 0 atom stereocenters. The minimum absolute atomic E-state index is 0. The van der Waals surface area contributed by atoms with Crippen LogP contribution in [0.4, 0.5) is 11.4 Å². The fraction of sp³-hybridized carbons (Fsp3) is 0.500. The third-order valence-electron chi connectivity index (χ3n) is 7.81. The minimum atomic E-state index is -0.355. The number of aliphatic imine (C=N–C) groups is 2. The molecule has 5 heteroatoms. The second-order valence-corrected chi connectivity index (χ2v) is 11.6. The van der Waals surface area contributed by atoms with Crippen LogP contribution in [-0.2, 0) is 29.3 Å². The van der Waals surface area contributed by atoms with E-state index in [1.807, 2.05) is 18.2 Å². The van der Waals surface area contributed by atoms with Crippen LogP contribution in [0.5, 0.6) is 11.5 Å². The van der Waals surface area contributed by atoms with Gasteiger partial charge in [0.25, 0.3) is 0 Å². The maximum atomic E-state index is 11.7. The van der Waals surface area contributed by atoms with Crippen LogP contribution in [-0.4, -0.2) is 11.4 Å². The van der Waals surface area contributed by atoms with Crippen molar-refractivity contribution < 1.29 is 26.7 Å². The van der Waals surface area contributed by atoms with Crippen LogP contribution >= 0.6 is 0 Å². The van der Waals surface area contributed by atoms with Crippen molar-refractivity contribution in [2.24, 2.45) is 9.98 Å². The van der Waals surface area contributed by atoms with Gasteiger partial charge in [-0.2, -0.15) is 0 Å². The molecule has 0 amide bonds. The quantitative estimate of drug-likeness (QED) is 0.0732. The normalized spacial score (nSPS) is 11.5. The molecule has 0 aliphatic heterocycles. The van der Waals surface area contributed by atoms with Crippen LogP contribution in [0.2, 0.25) is 0 Å². The molecule has 0 unspecified atom stereocenters. The summed E-state index contributed by atoms with van der Waals surface area (Å²) in [6.45, 7) is 8.73. The summed E-state index contributed by atoms with van der Waals surface area (Å²) in [5, 5.41) is 23.1. The predicted octanol–water partition coefficient (Wildman–Crippen LogP) is 11.0. The van der Waals surface area contributed by atoms with E-state index in [0.29, 0.717) is 0 Å². The van der Waals surface area contributed by atoms with E-state index in [2.05, 4.69) is 76.2 Å². The molecule has 0 spiro atoms. The van der Waals surface area contributed by atoms with E-state index in [1.54, 1.807) is 0 Å². The van der Waals surface area contributed by atoms with Crippen molar-refractivity contribution in [3.63, 3.8) is 0 Å². The fourth-order valence-corrected chi connectivity index (χ4v) is 5.14. The van der Waals surface area contributed by atoms with Crippen molar-refractivity contribution in [1.29, 1.82) is 0 Å². The molecule has 0 heterocycles. The minimum Gasteiger partial charge on any atom is -0.873 e. The van der Waals surface area contributed by atoms with Gasteiger partial charge in [-0.1, -0.05) is 133 Å². The largest absolute Gasteiger partial charge is 2.00 e. The Bertz CT molecular complexity index is 1230. The number of hydrogen-bond donors (Lipinski definition) is 0. The first kappa shape index (κ1) is 40.1. The molecular formula is C40H56N2NiO2. The molecule has 4 nitrogen and oxygen atoms in total. The number of aryl methyl sites for hydroxylation is 1. The van der Waals surface area contributed by atoms with Crippen LogP contribution in [0.25, 0.3) is 0 Å². The predicted molar refractivity (Wildman–Crippen MR) is 187 cm³/mol. The molecular weight excluding hydrogens is 599 g/mol. The molecule has 0 bridgehead atoms. The maximum absolute atomic E-state index is 11.7. The first-order valence-corrected chi connectivity index (χ1v) is 17.3. The van der Waals surface area contributed by atoms with Gasteiger partial charge in [-0.05, 0) is 81.2 Å². The van der Waals surface area contributed by atoms with Gasteiger partial charge in [-0.3, -0.25) is 9.98 Å². The number of nitrogens with zero attached hydrogens (tertiary/aromatic N) is 2. The topological polar surface area (TPSA) is 70.8 Å². The molecule has 3 aromatic rings. The fourth-order valence-electron chi connectivity index (χ4n) is 5.14. The summed E-state index contributed by atoms with van der Waals surface area (Å²) >= 11 is 0. The van der Waals surface area contributed by atoms with Gasteiger partial charge in [0.1, 0.15) is 0 Å².